The van der Waals surface area contributed by atoms with E-state index in [0.717, 1.165) is 18.7 Å². The number of hydrogen-bond donors (Lipinski definition) is 1. The number of methoxy groups -OCH3 is 1. The molecule has 1 aliphatic heterocycles. The molecule has 0 saturated carbocycles. The highest BCUT2D eigenvalue weighted by Gasteiger charge is 2.24. The molecule has 88 valence electrons. The van der Waals surface area contributed by atoms with Crippen LogP contribution in [0.4, 0.5) is 0 Å². The molecule has 1 fully saturated rings. The van der Waals surface area contributed by atoms with Gasteiger partial charge in [0.25, 0.3) is 0 Å². The van der Waals surface area contributed by atoms with Crippen LogP contribution < -0.4 is 10.1 Å². The lowest BCUT2D eigenvalue weighted by Gasteiger charge is -2.24. The molecule has 1 N–H and O–H groups in total. The third-order valence-corrected chi connectivity index (χ3v) is 2.80. The van der Waals surface area contributed by atoms with E-state index in [1.54, 1.807) is 19.5 Å². The quantitative estimate of drug-likeness (QED) is 0.856. The van der Waals surface area contributed by atoms with Crippen LogP contribution in [-0.4, -0.2) is 28.8 Å². The standard InChI is InChI=1S/C11H12N4O2/c1-16-11-10(13-4-5-14-11)8-6-9(17-15-8)7-2-3-12-7/h4-7,12H,2-3H2,1H3/t7-/m0/s1. The van der Waals surface area contributed by atoms with Gasteiger partial charge in [-0.1, -0.05) is 5.16 Å². The van der Waals surface area contributed by atoms with Crippen molar-refractivity contribution in [2.24, 2.45) is 0 Å². The van der Waals surface area contributed by atoms with E-state index >= 15 is 0 Å². The molecule has 0 radical (unpaired) electrons. The normalized spacial score (nSPS) is 18.8. The van der Waals surface area contributed by atoms with Gasteiger partial charge < -0.3 is 14.6 Å². The lowest BCUT2D eigenvalue weighted by atomic mass is 10.0. The monoisotopic (exact) mass is 232 g/mol. The van der Waals surface area contributed by atoms with E-state index < -0.39 is 0 Å². The van der Waals surface area contributed by atoms with Crippen LogP contribution in [-0.2, 0) is 0 Å². The molecule has 1 atom stereocenters. The van der Waals surface area contributed by atoms with E-state index in [1.165, 1.54) is 0 Å². The lowest BCUT2D eigenvalue weighted by Crippen LogP contribution is -2.34. The average molecular weight is 232 g/mol. The minimum absolute atomic E-state index is 0.277. The Balaban J connectivity index is 1.94. The summed E-state index contributed by atoms with van der Waals surface area (Å²) in [5.74, 6) is 1.29. The Hall–Kier alpha value is -1.95. The van der Waals surface area contributed by atoms with Gasteiger partial charge in [0.15, 0.2) is 11.5 Å². The van der Waals surface area contributed by atoms with E-state index in [1.807, 2.05) is 6.07 Å². The molecular formula is C11H12N4O2. The summed E-state index contributed by atoms with van der Waals surface area (Å²) in [6, 6.07) is 2.16. The van der Waals surface area contributed by atoms with Crippen molar-refractivity contribution in [1.29, 1.82) is 0 Å². The first-order valence-corrected chi connectivity index (χ1v) is 5.44. The van der Waals surface area contributed by atoms with Gasteiger partial charge >= 0.3 is 0 Å². The molecule has 2 aromatic heterocycles. The maximum Gasteiger partial charge on any atom is 0.242 e. The Morgan fingerprint density at radius 3 is 2.94 bits per heavy atom. The van der Waals surface area contributed by atoms with Crippen molar-refractivity contribution in [2.75, 3.05) is 13.7 Å². The van der Waals surface area contributed by atoms with Crippen LogP contribution in [0.3, 0.4) is 0 Å². The van der Waals surface area contributed by atoms with Crippen LogP contribution in [0.1, 0.15) is 18.2 Å². The van der Waals surface area contributed by atoms with Crippen LogP contribution in [0.2, 0.25) is 0 Å². The maximum absolute atomic E-state index is 5.29. The summed E-state index contributed by atoms with van der Waals surface area (Å²) in [5.41, 5.74) is 1.25. The summed E-state index contributed by atoms with van der Waals surface area (Å²) < 4.78 is 10.4. The first kappa shape index (κ1) is 10.2. The first-order chi connectivity index (χ1) is 8.38. The second kappa shape index (κ2) is 4.14. The fraction of sp³-hybridized carbons (Fsp3) is 0.364. The van der Waals surface area contributed by atoms with Gasteiger partial charge in [0, 0.05) is 18.5 Å². The summed E-state index contributed by atoms with van der Waals surface area (Å²) in [6.07, 6.45) is 4.26. The maximum atomic E-state index is 5.29. The molecule has 6 nitrogen and oxygen atoms in total. The van der Waals surface area contributed by atoms with Crippen molar-refractivity contribution < 1.29 is 9.26 Å². The number of rotatable bonds is 3. The Morgan fingerprint density at radius 2 is 2.24 bits per heavy atom. The van der Waals surface area contributed by atoms with Crippen molar-refractivity contribution >= 4 is 0 Å². The van der Waals surface area contributed by atoms with Gasteiger partial charge in [-0.25, -0.2) is 9.97 Å². The minimum Gasteiger partial charge on any atom is -0.479 e. The fourth-order valence-electron chi connectivity index (χ4n) is 1.75. The van der Waals surface area contributed by atoms with Crippen LogP contribution in [0.25, 0.3) is 11.4 Å². The summed E-state index contributed by atoms with van der Waals surface area (Å²) in [5, 5.41) is 7.25. The summed E-state index contributed by atoms with van der Waals surface area (Å²) >= 11 is 0. The molecule has 0 spiro atoms. The Bertz CT molecular complexity index is 522. The molecule has 1 saturated heterocycles. The highest BCUT2D eigenvalue weighted by atomic mass is 16.5. The van der Waals surface area contributed by atoms with Crippen molar-refractivity contribution in [3.8, 4) is 17.3 Å². The number of hydrogen-bond acceptors (Lipinski definition) is 6. The molecular weight excluding hydrogens is 220 g/mol. The lowest BCUT2D eigenvalue weighted by molar-refractivity contribution is 0.282. The molecule has 0 amide bonds. The van der Waals surface area contributed by atoms with Crippen LogP contribution in [0.15, 0.2) is 23.0 Å². The van der Waals surface area contributed by atoms with Gasteiger partial charge in [-0.05, 0) is 13.0 Å². The first-order valence-electron chi connectivity index (χ1n) is 5.44. The zero-order valence-electron chi connectivity index (χ0n) is 9.38. The van der Waals surface area contributed by atoms with Crippen molar-refractivity contribution in [3.05, 3.63) is 24.2 Å². The van der Waals surface area contributed by atoms with Gasteiger partial charge in [-0.15, -0.1) is 0 Å². The van der Waals surface area contributed by atoms with Gasteiger partial charge in [0.05, 0.1) is 13.2 Å². The fourth-order valence-corrected chi connectivity index (χ4v) is 1.75. The van der Waals surface area contributed by atoms with Crippen LogP contribution in [0.5, 0.6) is 5.88 Å². The summed E-state index contributed by atoms with van der Waals surface area (Å²) in [6.45, 7) is 1.02. The molecule has 0 unspecified atom stereocenters. The van der Waals surface area contributed by atoms with E-state index in [0.29, 0.717) is 17.3 Å². The third-order valence-electron chi connectivity index (χ3n) is 2.80. The molecule has 0 bridgehead atoms. The highest BCUT2D eigenvalue weighted by molar-refractivity contribution is 5.59. The van der Waals surface area contributed by atoms with Crippen LogP contribution >= 0.6 is 0 Å². The number of aromatic nitrogens is 3. The second-order valence-corrected chi connectivity index (χ2v) is 3.82. The van der Waals surface area contributed by atoms with E-state index in [2.05, 4.69) is 20.4 Å². The van der Waals surface area contributed by atoms with E-state index in [-0.39, 0.29) is 6.04 Å². The van der Waals surface area contributed by atoms with E-state index in [4.69, 9.17) is 9.26 Å². The Kier molecular flexibility index (Phi) is 2.49. The molecule has 6 heteroatoms. The van der Waals surface area contributed by atoms with Crippen molar-refractivity contribution in [2.45, 2.75) is 12.5 Å². The van der Waals surface area contributed by atoms with Gasteiger partial charge in [-0.2, -0.15) is 0 Å². The zero-order valence-corrected chi connectivity index (χ0v) is 9.38. The smallest absolute Gasteiger partial charge is 0.242 e. The number of ether oxygens (including phenoxy) is 1. The predicted molar refractivity (Wildman–Crippen MR) is 59.4 cm³/mol. The molecule has 1 aliphatic rings. The molecule has 3 rings (SSSR count). The molecule has 17 heavy (non-hydrogen) atoms. The van der Waals surface area contributed by atoms with Crippen molar-refractivity contribution in [1.82, 2.24) is 20.4 Å². The second-order valence-electron chi connectivity index (χ2n) is 3.82. The third kappa shape index (κ3) is 1.76. The average Bonchev–Trinajstić information content (AvgIpc) is 2.76. The SMILES string of the molecule is COc1nccnc1-c1cc([C@@H]2CCN2)on1. The topological polar surface area (TPSA) is 73.1 Å². The van der Waals surface area contributed by atoms with E-state index in [9.17, 15) is 0 Å². The number of nitrogens with one attached hydrogen (secondary N) is 1. The molecule has 0 aliphatic carbocycles. The van der Waals surface area contributed by atoms with Crippen molar-refractivity contribution in [3.63, 3.8) is 0 Å². The minimum atomic E-state index is 0.277. The number of nitrogens with zero attached hydrogens (tertiary/aromatic N) is 3. The molecule has 3 heterocycles. The molecule has 0 aromatic carbocycles. The zero-order chi connectivity index (χ0) is 11.7. The Morgan fingerprint density at radius 1 is 1.41 bits per heavy atom. The largest absolute Gasteiger partial charge is 0.479 e. The highest BCUT2D eigenvalue weighted by Crippen LogP contribution is 2.29. The Labute approximate surface area is 98.0 Å². The summed E-state index contributed by atoms with van der Waals surface area (Å²) in [7, 11) is 1.56. The van der Waals surface area contributed by atoms with Gasteiger partial charge in [-0.3, -0.25) is 0 Å². The van der Waals surface area contributed by atoms with Gasteiger partial charge in [0.1, 0.15) is 5.69 Å². The van der Waals surface area contributed by atoms with Gasteiger partial charge in [0.2, 0.25) is 5.88 Å². The van der Waals surface area contributed by atoms with Crippen LogP contribution in [0, 0.1) is 0 Å². The molecule has 2 aromatic rings. The summed E-state index contributed by atoms with van der Waals surface area (Å²) in [4.78, 5) is 8.29. The predicted octanol–water partition coefficient (Wildman–Crippen LogP) is 1.17.